The number of carbonyl (C=O) groups is 9. The minimum absolute atomic E-state index is 0.0199. The maximum Gasteiger partial charge on any atom is 0.305 e. The molecule has 3 aromatic carbocycles. The fourth-order valence-electron chi connectivity index (χ4n) is 11.3. The van der Waals surface area contributed by atoms with Crippen molar-refractivity contribution in [3.63, 3.8) is 0 Å². The van der Waals surface area contributed by atoms with Crippen LogP contribution >= 0.6 is 0 Å². The van der Waals surface area contributed by atoms with E-state index in [9.17, 15) is 33.9 Å². The minimum atomic E-state index is -1.90. The predicted molar refractivity (Wildman–Crippen MR) is 289 cm³/mol. The molecule has 19 heteroatoms. The molecule has 3 heterocycles. The molecule has 19 nitrogen and oxygen atoms in total. The van der Waals surface area contributed by atoms with Gasteiger partial charge in [-0.05, 0) is 92.0 Å². The zero-order valence-corrected chi connectivity index (χ0v) is 44.2. The topological polar surface area (TPSA) is 282 Å². The highest BCUT2D eigenvalue weighted by Crippen LogP contribution is 2.29. The summed E-state index contributed by atoms with van der Waals surface area (Å²) in [5.41, 5.74) is 10.3. The first kappa shape index (κ1) is 57.1. The van der Waals surface area contributed by atoms with Crippen LogP contribution in [0.2, 0.25) is 0 Å². The van der Waals surface area contributed by atoms with E-state index in [1.165, 1.54) is 11.8 Å². The number of nitrogens with zero attached hydrogens (tertiary/aromatic N) is 2. The number of amides is 8. The molecule has 412 valence electrons. The Morgan fingerprint density at radius 2 is 1.40 bits per heavy atom. The molecule has 2 aliphatic heterocycles. The van der Waals surface area contributed by atoms with Crippen LogP contribution in [0.25, 0.3) is 22.0 Å². The van der Waals surface area contributed by atoms with Crippen LogP contribution in [0.3, 0.4) is 0 Å². The van der Waals surface area contributed by atoms with Crippen LogP contribution in [-0.4, -0.2) is 128 Å². The van der Waals surface area contributed by atoms with Crippen molar-refractivity contribution in [2.75, 3.05) is 13.1 Å². The van der Waals surface area contributed by atoms with Crippen molar-refractivity contribution < 1.29 is 48.3 Å². The molecule has 2 unspecified atom stereocenters. The normalized spacial score (nSPS) is 23.3. The number of piperidine rings is 1. The first-order valence-electron chi connectivity index (χ1n) is 27.4. The van der Waals surface area contributed by atoms with E-state index in [1.54, 1.807) is 6.20 Å². The van der Waals surface area contributed by atoms with Gasteiger partial charge in [-0.2, -0.15) is 0 Å². The zero-order chi connectivity index (χ0) is 55.0. The summed E-state index contributed by atoms with van der Waals surface area (Å²) in [5.74, 6) is -7.88. The molecular formula is C58H75N9O10. The largest absolute Gasteiger partial charge is 0.481 e. The number of primary amides is 1. The quantitative estimate of drug-likeness (QED) is 0.0872. The molecule has 8 amide bonds. The van der Waals surface area contributed by atoms with Crippen molar-refractivity contribution in [3.05, 3.63) is 96.2 Å². The lowest BCUT2D eigenvalue weighted by molar-refractivity contribution is -0.154. The number of hydrogen-bond donors (Lipinski definition) is 8. The molecule has 0 bridgehead atoms. The Kier molecular flexibility index (Phi) is 20.4. The summed E-state index contributed by atoms with van der Waals surface area (Å²) in [7, 11) is 0. The van der Waals surface area contributed by atoms with E-state index in [2.05, 4.69) is 31.6 Å². The van der Waals surface area contributed by atoms with Crippen LogP contribution in [0.4, 0.5) is 0 Å². The molecule has 1 aromatic heterocycles. The van der Waals surface area contributed by atoms with E-state index in [-0.39, 0.29) is 58.0 Å². The summed E-state index contributed by atoms with van der Waals surface area (Å²) in [4.78, 5) is 134. The maximum atomic E-state index is 15.4. The number of benzene rings is 3. The smallest absolute Gasteiger partial charge is 0.305 e. The summed E-state index contributed by atoms with van der Waals surface area (Å²) in [6.45, 7) is 3.31. The lowest BCUT2D eigenvalue weighted by Gasteiger charge is -2.39. The third-order valence-corrected chi connectivity index (χ3v) is 15.3. The van der Waals surface area contributed by atoms with E-state index in [0.29, 0.717) is 56.9 Å². The Labute approximate surface area is 449 Å². The van der Waals surface area contributed by atoms with E-state index in [1.807, 2.05) is 85.8 Å². The number of aliphatic carboxylic acids is 1. The van der Waals surface area contributed by atoms with Crippen LogP contribution in [0, 0.1) is 5.92 Å². The monoisotopic (exact) mass is 1060 g/mol. The molecular weight excluding hydrogens is 983 g/mol. The van der Waals surface area contributed by atoms with Gasteiger partial charge in [-0.1, -0.05) is 112 Å². The highest BCUT2D eigenvalue weighted by Gasteiger charge is 2.45. The number of aromatic amines is 1. The van der Waals surface area contributed by atoms with Crippen molar-refractivity contribution in [1.29, 1.82) is 0 Å². The fourth-order valence-corrected chi connectivity index (χ4v) is 11.3. The van der Waals surface area contributed by atoms with Gasteiger partial charge in [0.1, 0.15) is 42.3 Å². The fraction of sp³-hybridized carbons (Fsp3) is 0.500. The van der Waals surface area contributed by atoms with Gasteiger partial charge in [0.25, 0.3) is 0 Å². The second kappa shape index (κ2) is 27.5. The number of carboxylic acids is 1. The predicted octanol–water partition coefficient (Wildman–Crippen LogP) is 4.56. The summed E-state index contributed by atoms with van der Waals surface area (Å²) in [6, 6.07) is 15.3. The van der Waals surface area contributed by atoms with Crippen LogP contribution in [0.1, 0.15) is 121 Å². The number of carbonyl (C=O) groups excluding carboxylic acids is 8. The second-order valence-electron chi connectivity index (χ2n) is 20.8. The lowest BCUT2D eigenvalue weighted by Crippen LogP contribution is -2.65. The zero-order valence-electron chi connectivity index (χ0n) is 44.2. The summed E-state index contributed by atoms with van der Waals surface area (Å²) in [6.07, 6.45) is 6.95. The van der Waals surface area contributed by atoms with Crippen molar-refractivity contribution in [1.82, 2.24) is 41.4 Å². The average molecular weight is 1060 g/mol. The van der Waals surface area contributed by atoms with Gasteiger partial charge in [0.2, 0.25) is 47.3 Å². The van der Waals surface area contributed by atoms with E-state index >= 15 is 14.4 Å². The number of H-pyrrole nitrogens is 1. The van der Waals surface area contributed by atoms with Gasteiger partial charge in [-0.15, -0.1) is 0 Å². The Hall–Kier alpha value is -7.57. The van der Waals surface area contributed by atoms with E-state index in [4.69, 9.17) is 5.73 Å². The summed E-state index contributed by atoms with van der Waals surface area (Å²) in [5, 5.41) is 25.7. The highest BCUT2D eigenvalue weighted by atomic mass is 16.4. The van der Waals surface area contributed by atoms with Crippen molar-refractivity contribution in [2.45, 2.75) is 165 Å². The minimum Gasteiger partial charge on any atom is -0.481 e. The van der Waals surface area contributed by atoms with Crippen molar-refractivity contribution in [3.8, 4) is 11.1 Å². The van der Waals surface area contributed by atoms with Gasteiger partial charge in [0.05, 0.1) is 6.42 Å². The number of para-hydroxylation sites is 1. The Morgan fingerprint density at radius 3 is 2.10 bits per heavy atom. The lowest BCUT2D eigenvalue weighted by atomic mass is 9.83. The molecule has 3 fully saturated rings. The van der Waals surface area contributed by atoms with Gasteiger partial charge in [-0.25, -0.2) is 0 Å². The first-order chi connectivity index (χ1) is 37.1. The van der Waals surface area contributed by atoms with Gasteiger partial charge >= 0.3 is 5.97 Å². The molecule has 9 N–H and O–H groups in total. The number of carboxylic acid groups (broad SMARTS) is 1. The number of aromatic nitrogens is 1. The molecule has 0 radical (unpaired) electrons. The molecule has 1 saturated carbocycles. The van der Waals surface area contributed by atoms with Crippen LogP contribution < -0.4 is 32.3 Å². The Morgan fingerprint density at radius 1 is 0.727 bits per heavy atom. The number of fused-ring (bicyclic) bond motifs is 2. The average Bonchev–Trinajstić information content (AvgIpc) is 3.84. The number of nitrogens with one attached hydrogen (secondary N) is 6. The molecule has 0 spiro atoms. The van der Waals surface area contributed by atoms with Crippen molar-refractivity contribution in [2.24, 2.45) is 11.7 Å². The number of rotatable bonds is 14. The third kappa shape index (κ3) is 15.1. The number of hydrogen-bond acceptors (Lipinski definition) is 9. The first-order valence-corrected chi connectivity index (χ1v) is 27.4. The Balaban J connectivity index is 1.32. The van der Waals surface area contributed by atoms with Crippen LogP contribution in [-0.2, 0) is 56.0 Å². The standard InChI is InChI=1S/C58H75N9O10/c1-3-4-22-44(62-36(2)68)58(77)67-47(52(59)71)24-13-15-30-60-53(72)45(33-41-35-61-43-23-12-11-21-42(41)43)63-54(73)48-25-14-16-31-66(48)57(76)46(32-37-26-28-39(29-27-37)38-17-7-5-8-18-38)64-56(75)51(40-19-9-6-10-20-40)65-55(74)49(67)34-50(69)70/h5,7-8,11-12,17-18,21,23,26-29,35,40,44-49,51,61H,3-4,6,9-10,13-16,19-20,22,24-25,30-34H2,1-2H3,(H2,59,71)(H,60,72)(H,62,68)(H,63,73)(H,64,75)(H,65,74)(H,69,70)/t44-,45-,46+,47-,48?,49-,51?/m0/s1. The molecule has 7 atom stereocenters. The number of nitrogens with two attached hydrogens (primary N) is 1. The molecule has 1 aliphatic carbocycles. The third-order valence-electron chi connectivity index (χ3n) is 15.3. The summed E-state index contributed by atoms with van der Waals surface area (Å²) >= 11 is 0. The highest BCUT2D eigenvalue weighted by molar-refractivity contribution is 6.00. The molecule has 7 rings (SSSR count). The van der Waals surface area contributed by atoms with Gasteiger partial charge in [0, 0.05) is 50.0 Å². The maximum absolute atomic E-state index is 15.4. The van der Waals surface area contributed by atoms with E-state index in [0.717, 1.165) is 38.9 Å². The van der Waals surface area contributed by atoms with Gasteiger partial charge < -0.3 is 52.2 Å². The second-order valence-corrected chi connectivity index (χ2v) is 20.8. The SMILES string of the molecule is CCCC[C@H](NC(C)=O)C(=O)N1[C@H](C(N)=O)CCCCNC(=O)[C@H](Cc2c[nH]c3ccccc23)NC(=O)C2CCCCN2C(=O)[C@@H](Cc2ccc(-c3ccccc3)cc2)NC(=O)C(C2CCCCC2)NC(=O)[C@@H]1CC(=O)O. The molecule has 3 aliphatic rings. The summed E-state index contributed by atoms with van der Waals surface area (Å²) < 4.78 is 0. The van der Waals surface area contributed by atoms with Crippen LogP contribution in [0.15, 0.2) is 85.1 Å². The number of unbranched alkanes of at least 4 members (excludes halogenated alkanes) is 1. The van der Waals surface area contributed by atoms with Gasteiger partial charge in [0.15, 0.2) is 0 Å². The van der Waals surface area contributed by atoms with Crippen LogP contribution in [0.5, 0.6) is 0 Å². The van der Waals surface area contributed by atoms with Gasteiger partial charge in [-0.3, -0.25) is 43.2 Å². The molecule has 4 aromatic rings. The van der Waals surface area contributed by atoms with E-state index < -0.39 is 108 Å². The molecule has 2 saturated heterocycles. The molecule has 77 heavy (non-hydrogen) atoms. The Bertz CT molecular complexity index is 2720. The van der Waals surface area contributed by atoms with Crippen molar-refractivity contribution >= 4 is 64.1 Å².